The third kappa shape index (κ3) is 4.21. The molecule has 0 saturated heterocycles. The Hall–Kier alpha value is -3.82. The topological polar surface area (TPSA) is 125 Å². The Morgan fingerprint density at radius 1 is 1.17 bits per heavy atom. The SMILES string of the molecule is Cc1cc(C)n(-c2ccc(=O)n(CCNC(=O)c3cccc([N+](=O)[O-])c3C)n2)n1. The summed E-state index contributed by atoms with van der Waals surface area (Å²) in [5, 5.41) is 22.4. The molecule has 0 saturated carbocycles. The van der Waals surface area contributed by atoms with Crippen molar-refractivity contribution in [1.82, 2.24) is 24.9 Å². The fourth-order valence-corrected chi connectivity index (χ4v) is 3.01. The Bertz CT molecular complexity index is 1150. The average Bonchev–Trinajstić information content (AvgIpc) is 3.01. The number of rotatable bonds is 6. The maximum absolute atomic E-state index is 12.4. The maximum Gasteiger partial charge on any atom is 0.273 e. The van der Waals surface area contributed by atoms with Crippen LogP contribution in [0.1, 0.15) is 27.3 Å². The highest BCUT2D eigenvalue weighted by Gasteiger charge is 2.17. The van der Waals surface area contributed by atoms with Crippen LogP contribution in [0, 0.1) is 30.9 Å². The third-order valence-corrected chi connectivity index (χ3v) is 4.43. The summed E-state index contributed by atoms with van der Waals surface area (Å²) < 4.78 is 2.88. The van der Waals surface area contributed by atoms with Gasteiger partial charge >= 0.3 is 0 Å². The summed E-state index contributed by atoms with van der Waals surface area (Å²) in [6, 6.07) is 9.21. The number of carbonyl (C=O) groups excluding carboxylic acids is 1. The molecule has 1 N–H and O–H groups in total. The van der Waals surface area contributed by atoms with Crippen molar-refractivity contribution in [3.8, 4) is 5.82 Å². The molecule has 0 aliphatic heterocycles. The molecule has 2 aromatic heterocycles. The molecule has 0 spiro atoms. The van der Waals surface area contributed by atoms with E-state index in [0.717, 1.165) is 11.4 Å². The van der Waals surface area contributed by atoms with E-state index in [0.29, 0.717) is 5.82 Å². The molecule has 0 aliphatic carbocycles. The number of nitro groups is 1. The summed E-state index contributed by atoms with van der Waals surface area (Å²) in [5.41, 5.74) is 1.80. The summed E-state index contributed by atoms with van der Waals surface area (Å²) in [6.07, 6.45) is 0. The lowest BCUT2D eigenvalue weighted by Crippen LogP contribution is -2.32. The Kier molecular flexibility index (Phi) is 5.53. The van der Waals surface area contributed by atoms with Gasteiger partial charge in [0.2, 0.25) is 0 Å². The van der Waals surface area contributed by atoms with Crippen molar-refractivity contribution in [3.05, 3.63) is 79.4 Å². The van der Waals surface area contributed by atoms with Crippen LogP contribution in [0.5, 0.6) is 0 Å². The van der Waals surface area contributed by atoms with Crippen LogP contribution >= 0.6 is 0 Å². The highest BCUT2D eigenvalue weighted by atomic mass is 16.6. The predicted molar refractivity (Wildman–Crippen MR) is 105 cm³/mol. The Morgan fingerprint density at radius 2 is 1.93 bits per heavy atom. The normalized spacial score (nSPS) is 10.7. The molecule has 150 valence electrons. The van der Waals surface area contributed by atoms with Gasteiger partial charge in [-0.2, -0.15) is 5.10 Å². The molecule has 0 fully saturated rings. The van der Waals surface area contributed by atoms with Gasteiger partial charge < -0.3 is 5.32 Å². The highest BCUT2D eigenvalue weighted by Crippen LogP contribution is 2.20. The molecule has 0 unspecified atom stereocenters. The van der Waals surface area contributed by atoms with Crippen molar-refractivity contribution in [3.63, 3.8) is 0 Å². The summed E-state index contributed by atoms with van der Waals surface area (Å²) in [5.74, 6) is 0.0463. The fraction of sp³-hybridized carbons (Fsp3) is 0.263. The molecule has 3 aromatic rings. The molecule has 0 atom stereocenters. The monoisotopic (exact) mass is 396 g/mol. The van der Waals surface area contributed by atoms with Crippen molar-refractivity contribution in [2.75, 3.05) is 6.54 Å². The van der Waals surface area contributed by atoms with E-state index in [-0.39, 0.29) is 35.5 Å². The van der Waals surface area contributed by atoms with Crippen molar-refractivity contribution < 1.29 is 9.72 Å². The van der Waals surface area contributed by atoms with Crippen LogP contribution in [0.4, 0.5) is 5.69 Å². The lowest BCUT2D eigenvalue weighted by atomic mass is 10.1. The first-order valence-electron chi connectivity index (χ1n) is 8.92. The van der Waals surface area contributed by atoms with Gasteiger partial charge in [-0.3, -0.25) is 19.7 Å². The van der Waals surface area contributed by atoms with Gasteiger partial charge in [-0.05, 0) is 39.0 Å². The molecule has 10 heteroatoms. The second-order valence-corrected chi connectivity index (χ2v) is 6.55. The zero-order valence-electron chi connectivity index (χ0n) is 16.2. The van der Waals surface area contributed by atoms with Gasteiger partial charge in [0, 0.05) is 35.5 Å². The van der Waals surface area contributed by atoms with Crippen LogP contribution in [0.25, 0.3) is 5.82 Å². The summed E-state index contributed by atoms with van der Waals surface area (Å²) >= 11 is 0. The number of aromatic nitrogens is 4. The number of nitro benzene ring substituents is 1. The molecule has 0 aliphatic rings. The van der Waals surface area contributed by atoms with Crippen molar-refractivity contribution in [2.45, 2.75) is 27.3 Å². The maximum atomic E-state index is 12.4. The Labute approximate surface area is 165 Å². The lowest BCUT2D eigenvalue weighted by Gasteiger charge is -2.10. The van der Waals surface area contributed by atoms with E-state index in [1.54, 1.807) is 10.7 Å². The smallest absolute Gasteiger partial charge is 0.273 e. The van der Waals surface area contributed by atoms with Gasteiger partial charge in [-0.25, -0.2) is 9.36 Å². The van der Waals surface area contributed by atoms with E-state index in [9.17, 15) is 19.7 Å². The fourth-order valence-electron chi connectivity index (χ4n) is 3.01. The number of nitrogens with one attached hydrogen (secondary N) is 1. The number of hydrogen-bond donors (Lipinski definition) is 1. The van der Waals surface area contributed by atoms with Crippen LogP contribution in [0.15, 0.2) is 41.2 Å². The lowest BCUT2D eigenvalue weighted by molar-refractivity contribution is -0.385. The number of aryl methyl sites for hydroxylation is 2. The van der Waals surface area contributed by atoms with Gasteiger partial charge in [-0.1, -0.05) is 6.07 Å². The predicted octanol–water partition coefficient (Wildman–Crippen LogP) is 1.69. The highest BCUT2D eigenvalue weighted by molar-refractivity contribution is 5.96. The summed E-state index contributed by atoms with van der Waals surface area (Å²) in [7, 11) is 0. The van der Waals surface area contributed by atoms with Crippen LogP contribution in [-0.2, 0) is 6.54 Å². The zero-order chi connectivity index (χ0) is 21.1. The van der Waals surface area contributed by atoms with Gasteiger partial charge in [0.15, 0.2) is 5.82 Å². The Balaban J connectivity index is 1.73. The molecule has 3 rings (SSSR count). The molecular weight excluding hydrogens is 376 g/mol. The average molecular weight is 396 g/mol. The quantitative estimate of drug-likeness (QED) is 0.499. The minimum Gasteiger partial charge on any atom is -0.350 e. The van der Waals surface area contributed by atoms with Gasteiger partial charge in [0.1, 0.15) is 0 Å². The summed E-state index contributed by atoms with van der Waals surface area (Å²) in [6.45, 7) is 5.56. The largest absolute Gasteiger partial charge is 0.350 e. The van der Waals surface area contributed by atoms with E-state index in [4.69, 9.17) is 0 Å². The molecule has 0 radical (unpaired) electrons. The number of benzene rings is 1. The minimum absolute atomic E-state index is 0.117. The van der Waals surface area contributed by atoms with E-state index >= 15 is 0 Å². The minimum atomic E-state index is -0.528. The first-order valence-corrected chi connectivity index (χ1v) is 8.92. The van der Waals surface area contributed by atoms with Crippen LogP contribution in [-0.4, -0.2) is 36.9 Å². The van der Waals surface area contributed by atoms with Crippen LogP contribution in [0.3, 0.4) is 0 Å². The van der Waals surface area contributed by atoms with Gasteiger partial charge in [0.25, 0.3) is 17.2 Å². The number of amides is 1. The van der Waals surface area contributed by atoms with E-state index in [1.807, 2.05) is 19.9 Å². The number of nitrogens with zero attached hydrogens (tertiary/aromatic N) is 5. The first-order chi connectivity index (χ1) is 13.8. The van der Waals surface area contributed by atoms with E-state index in [2.05, 4.69) is 15.5 Å². The molecule has 2 heterocycles. The second kappa shape index (κ2) is 8.05. The molecular formula is C19H20N6O4. The van der Waals surface area contributed by atoms with Crippen molar-refractivity contribution in [1.29, 1.82) is 0 Å². The second-order valence-electron chi connectivity index (χ2n) is 6.55. The number of carbonyl (C=O) groups is 1. The first kappa shape index (κ1) is 19.9. The van der Waals surface area contributed by atoms with Gasteiger partial charge in [0.05, 0.1) is 17.2 Å². The molecule has 0 bridgehead atoms. The molecule has 29 heavy (non-hydrogen) atoms. The zero-order valence-corrected chi connectivity index (χ0v) is 16.2. The summed E-state index contributed by atoms with van der Waals surface area (Å²) in [4.78, 5) is 35.0. The molecule has 1 amide bonds. The third-order valence-electron chi connectivity index (χ3n) is 4.43. The van der Waals surface area contributed by atoms with Crippen LogP contribution < -0.4 is 10.9 Å². The van der Waals surface area contributed by atoms with Crippen LogP contribution in [0.2, 0.25) is 0 Å². The molecule has 10 nitrogen and oxygen atoms in total. The van der Waals surface area contributed by atoms with Crippen molar-refractivity contribution in [2.24, 2.45) is 0 Å². The Morgan fingerprint density at radius 3 is 2.59 bits per heavy atom. The van der Waals surface area contributed by atoms with Crippen molar-refractivity contribution >= 4 is 11.6 Å². The van der Waals surface area contributed by atoms with E-state index < -0.39 is 10.8 Å². The number of hydrogen-bond acceptors (Lipinski definition) is 6. The standard InChI is InChI=1S/C19H20N6O4/c1-12-11-13(2)24(21-12)17-7-8-18(26)23(22-17)10-9-20-19(27)15-5-4-6-16(14(15)3)25(28)29/h4-8,11H,9-10H2,1-3H3,(H,20,27). The van der Waals surface area contributed by atoms with E-state index in [1.165, 1.54) is 35.9 Å². The molecule has 1 aromatic carbocycles. The van der Waals surface area contributed by atoms with Gasteiger partial charge in [-0.15, -0.1) is 5.10 Å².